The second kappa shape index (κ2) is 7.48. The smallest absolute Gasteiger partial charge is 0.319 e. The fourth-order valence-electron chi connectivity index (χ4n) is 2.36. The van der Waals surface area contributed by atoms with Crippen LogP contribution in [-0.4, -0.2) is 27.9 Å². The SMILES string of the molecule is COc1cccc(NC(=O)NCc2ccc(-c3ccnn3C)nc2)c1. The number of nitrogens with zero attached hydrogens (tertiary/aromatic N) is 3. The molecule has 2 N–H and O–H groups in total. The van der Waals surface area contributed by atoms with Gasteiger partial charge in [0.15, 0.2) is 0 Å². The predicted octanol–water partition coefficient (Wildman–Crippen LogP) is 2.81. The lowest BCUT2D eigenvalue weighted by atomic mass is 10.2. The van der Waals surface area contributed by atoms with Gasteiger partial charge >= 0.3 is 6.03 Å². The molecule has 7 heteroatoms. The van der Waals surface area contributed by atoms with Crippen molar-refractivity contribution in [2.45, 2.75) is 6.54 Å². The number of carbonyl (C=O) groups excluding carboxylic acids is 1. The van der Waals surface area contributed by atoms with E-state index in [0.29, 0.717) is 18.0 Å². The molecule has 2 amide bonds. The number of carbonyl (C=O) groups is 1. The Kier molecular flexibility index (Phi) is 4.94. The van der Waals surface area contributed by atoms with Crippen LogP contribution in [0.5, 0.6) is 5.75 Å². The van der Waals surface area contributed by atoms with Gasteiger partial charge in [-0.1, -0.05) is 12.1 Å². The van der Waals surface area contributed by atoms with E-state index in [-0.39, 0.29) is 6.03 Å². The zero-order valence-electron chi connectivity index (χ0n) is 14.1. The van der Waals surface area contributed by atoms with Crippen LogP contribution in [0.1, 0.15) is 5.56 Å². The lowest BCUT2D eigenvalue weighted by Gasteiger charge is -2.09. The van der Waals surface area contributed by atoms with E-state index in [1.54, 1.807) is 36.3 Å². The van der Waals surface area contributed by atoms with E-state index in [9.17, 15) is 4.79 Å². The Morgan fingerprint density at radius 1 is 1.24 bits per heavy atom. The maximum Gasteiger partial charge on any atom is 0.319 e. The summed E-state index contributed by atoms with van der Waals surface area (Å²) in [4.78, 5) is 16.4. The Bertz CT molecular complexity index is 858. The molecule has 0 aliphatic carbocycles. The normalized spacial score (nSPS) is 10.3. The van der Waals surface area contributed by atoms with Crippen LogP contribution in [0, 0.1) is 0 Å². The van der Waals surface area contributed by atoms with E-state index in [2.05, 4.69) is 20.7 Å². The van der Waals surface area contributed by atoms with Crippen LogP contribution in [-0.2, 0) is 13.6 Å². The number of amides is 2. The number of nitrogens with one attached hydrogen (secondary N) is 2. The molecule has 3 rings (SSSR count). The molecule has 0 fully saturated rings. The summed E-state index contributed by atoms with van der Waals surface area (Å²) in [5.41, 5.74) is 3.35. The van der Waals surface area contributed by atoms with Crippen LogP contribution in [0.3, 0.4) is 0 Å². The molecule has 1 aromatic carbocycles. The van der Waals surface area contributed by atoms with Crippen molar-refractivity contribution in [2.75, 3.05) is 12.4 Å². The van der Waals surface area contributed by atoms with Crippen molar-refractivity contribution in [1.82, 2.24) is 20.1 Å². The third-order valence-electron chi connectivity index (χ3n) is 3.69. The number of aromatic nitrogens is 3. The van der Waals surface area contributed by atoms with Gasteiger partial charge in [0.1, 0.15) is 5.75 Å². The van der Waals surface area contributed by atoms with Gasteiger partial charge in [-0.2, -0.15) is 5.10 Å². The molecule has 0 radical (unpaired) electrons. The molecule has 0 saturated heterocycles. The summed E-state index contributed by atoms with van der Waals surface area (Å²) in [6.07, 6.45) is 3.48. The number of rotatable bonds is 5. The molecule has 0 aliphatic heterocycles. The zero-order valence-corrected chi connectivity index (χ0v) is 14.1. The van der Waals surface area contributed by atoms with Crippen LogP contribution in [0.4, 0.5) is 10.5 Å². The molecule has 7 nitrogen and oxygen atoms in total. The maximum atomic E-state index is 12.0. The van der Waals surface area contributed by atoms with Crippen molar-refractivity contribution in [3.8, 4) is 17.1 Å². The van der Waals surface area contributed by atoms with Crippen molar-refractivity contribution < 1.29 is 9.53 Å². The molecular weight excluding hydrogens is 318 g/mol. The molecule has 2 heterocycles. The van der Waals surface area contributed by atoms with E-state index in [1.165, 1.54) is 0 Å². The first-order valence-electron chi connectivity index (χ1n) is 7.78. The van der Waals surface area contributed by atoms with E-state index in [1.807, 2.05) is 37.4 Å². The molecule has 0 spiro atoms. The molecule has 128 valence electrons. The first-order chi connectivity index (χ1) is 12.2. The number of methoxy groups -OCH3 is 1. The lowest BCUT2D eigenvalue weighted by Crippen LogP contribution is -2.28. The number of hydrogen-bond acceptors (Lipinski definition) is 4. The highest BCUT2D eigenvalue weighted by Crippen LogP contribution is 2.17. The summed E-state index contributed by atoms with van der Waals surface area (Å²) >= 11 is 0. The van der Waals surface area contributed by atoms with Crippen molar-refractivity contribution in [3.63, 3.8) is 0 Å². The Morgan fingerprint density at radius 2 is 2.12 bits per heavy atom. The molecule has 0 unspecified atom stereocenters. The number of urea groups is 1. The van der Waals surface area contributed by atoms with Crippen molar-refractivity contribution in [3.05, 3.63) is 60.4 Å². The first kappa shape index (κ1) is 16.5. The van der Waals surface area contributed by atoms with Crippen LogP contribution < -0.4 is 15.4 Å². The van der Waals surface area contributed by atoms with Gasteiger partial charge in [-0.3, -0.25) is 9.67 Å². The summed E-state index contributed by atoms with van der Waals surface area (Å²) in [7, 11) is 3.46. The van der Waals surface area contributed by atoms with Gasteiger partial charge in [-0.25, -0.2) is 4.79 Å². The average Bonchev–Trinajstić information content (AvgIpc) is 3.06. The number of aryl methyl sites for hydroxylation is 1. The molecule has 0 aliphatic rings. The fraction of sp³-hybridized carbons (Fsp3) is 0.167. The Hall–Kier alpha value is -3.35. The number of ether oxygens (including phenoxy) is 1. The summed E-state index contributed by atoms with van der Waals surface area (Å²) in [6, 6.07) is 12.6. The molecular formula is C18H19N5O2. The van der Waals surface area contributed by atoms with Gasteiger partial charge in [-0.05, 0) is 29.8 Å². The highest BCUT2D eigenvalue weighted by Gasteiger charge is 2.06. The lowest BCUT2D eigenvalue weighted by molar-refractivity contribution is 0.251. The first-order valence-corrected chi connectivity index (χ1v) is 7.78. The minimum Gasteiger partial charge on any atom is -0.497 e. The summed E-state index contributed by atoms with van der Waals surface area (Å²) in [5.74, 6) is 0.688. The van der Waals surface area contributed by atoms with E-state index < -0.39 is 0 Å². The maximum absolute atomic E-state index is 12.0. The van der Waals surface area contributed by atoms with E-state index >= 15 is 0 Å². The average molecular weight is 337 g/mol. The van der Waals surface area contributed by atoms with Crippen molar-refractivity contribution in [2.24, 2.45) is 7.05 Å². The zero-order chi connectivity index (χ0) is 17.6. The predicted molar refractivity (Wildman–Crippen MR) is 95.3 cm³/mol. The minimum absolute atomic E-state index is 0.288. The molecule has 0 saturated carbocycles. The molecule has 25 heavy (non-hydrogen) atoms. The summed E-state index contributed by atoms with van der Waals surface area (Å²) in [5, 5.41) is 9.70. The van der Waals surface area contributed by atoms with Gasteiger partial charge in [-0.15, -0.1) is 0 Å². The molecule has 0 atom stereocenters. The number of pyridine rings is 1. The third-order valence-corrected chi connectivity index (χ3v) is 3.69. The number of anilines is 1. The molecule has 2 aromatic heterocycles. The number of hydrogen-bond donors (Lipinski definition) is 2. The van der Waals surface area contributed by atoms with Gasteiger partial charge < -0.3 is 15.4 Å². The Labute approximate surface area is 145 Å². The van der Waals surface area contributed by atoms with Crippen molar-refractivity contribution in [1.29, 1.82) is 0 Å². The van der Waals surface area contributed by atoms with E-state index in [4.69, 9.17) is 4.74 Å². The van der Waals surface area contributed by atoms with Crippen molar-refractivity contribution >= 4 is 11.7 Å². The van der Waals surface area contributed by atoms with Crippen LogP contribution in [0.2, 0.25) is 0 Å². The van der Waals surface area contributed by atoms with Crippen LogP contribution in [0.25, 0.3) is 11.4 Å². The van der Waals surface area contributed by atoms with Crippen LogP contribution in [0.15, 0.2) is 54.9 Å². The highest BCUT2D eigenvalue weighted by atomic mass is 16.5. The Morgan fingerprint density at radius 3 is 2.80 bits per heavy atom. The Balaban J connectivity index is 1.56. The van der Waals surface area contributed by atoms with Gasteiger partial charge in [0.2, 0.25) is 0 Å². The van der Waals surface area contributed by atoms with Gasteiger partial charge in [0, 0.05) is 37.7 Å². The highest BCUT2D eigenvalue weighted by molar-refractivity contribution is 5.89. The largest absolute Gasteiger partial charge is 0.497 e. The molecule has 3 aromatic rings. The summed E-state index contributed by atoms with van der Waals surface area (Å²) < 4.78 is 6.90. The molecule has 0 bridgehead atoms. The second-order valence-electron chi connectivity index (χ2n) is 5.43. The number of benzene rings is 1. The topological polar surface area (TPSA) is 81.1 Å². The van der Waals surface area contributed by atoms with E-state index in [0.717, 1.165) is 17.0 Å². The minimum atomic E-state index is -0.288. The second-order valence-corrected chi connectivity index (χ2v) is 5.43. The van der Waals surface area contributed by atoms with Gasteiger partial charge in [0.05, 0.1) is 18.5 Å². The summed E-state index contributed by atoms with van der Waals surface area (Å²) in [6.45, 7) is 0.383. The third kappa shape index (κ3) is 4.14. The van der Waals surface area contributed by atoms with Gasteiger partial charge in [0.25, 0.3) is 0 Å². The fourth-order valence-corrected chi connectivity index (χ4v) is 2.36. The standard InChI is InChI=1S/C18H19N5O2/c1-23-17(8-9-21-23)16-7-6-13(11-19-16)12-20-18(24)22-14-4-3-5-15(10-14)25-2/h3-11H,12H2,1-2H3,(H2,20,22,24). The monoisotopic (exact) mass is 337 g/mol. The quantitative estimate of drug-likeness (QED) is 0.750. The van der Waals surface area contributed by atoms with Crippen LogP contribution >= 0.6 is 0 Å².